The molecule has 1 amide bonds. The minimum absolute atomic E-state index is 0.118. The van der Waals surface area contributed by atoms with Gasteiger partial charge in [-0.1, -0.05) is 18.2 Å². The smallest absolute Gasteiger partial charge is 0.224 e. The van der Waals surface area contributed by atoms with Gasteiger partial charge >= 0.3 is 0 Å². The molecule has 2 bridgehead atoms. The molecule has 4 nitrogen and oxygen atoms in total. The molecule has 21 heavy (non-hydrogen) atoms. The Bertz CT molecular complexity index is 517. The number of hydrogen-bond donors (Lipinski definition) is 2. The summed E-state index contributed by atoms with van der Waals surface area (Å²) in [5.74, 6) is 1.25. The van der Waals surface area contributed by atoms with E-state index in [1.807, 2.05) is 18.2 Å². The highest BCUT2D eigenvalue weighted by molar-refractivity contribution is 5.80. The Morgan fingerprint density at radius 2 is 2.24 bits per heavy atom. The van der Waals surface area contributed by atoms with Gasteiger partial charge in [0, 0.05) is 18.1 Å². The molecular formula is C17H24N2O2. The summed E-state index contributed by atoms with van der Waals surface area (Å²) in [4.78, 5) is 12.4. The van der Waals surface area contributed by atoms with Gasteiger partial charge in [0.25, 0.3) is 0 Å². The average Bonchev–Trinajstić information content (AvgIpc) is 3.10. The van der Waals surface area contributed by atoms with Crippen LogP contribution < -0.4 is 15.4 Å². The van der Waals surface area contributed by atoms with Crippen LogP contribution in [0.4, 0.5) is 0 Å². The van der Waals surface area contributed by atoms with Crippen molar-refractivity contribution in [3.05, 3.63) is 29.8 Å². The van der Waals surface area contributed by atoms with Gasteiger partial charge in [0.05, 0.1) is 13.0 Å². The molecule has 3 rings (SSSR count). The van der Waals surface area contributed by atoms with Crippen molar-refractivity contribution in [1.29, 1.82) is 0 Å². The second-order valence-electron chi connectivity index (χ2n) is 6.32. The molecule has 114 valence electrons. The monoisotopic (exact) mass is 288 g/mol. The first-order valence-electron chi connectivity index (χ1n) is 7.85. The van der Waals surface area contributed by atoms with E-state index in [4.69, 9.17) is 4.74 Å². The van der Waals surface area contributed by atoms with E-state index in [9.17, 15) is 4.79 Å². The molecule has 1 aromatic rings. The topological polar surface area (TPSA) is 50.4 Å². The second kappa shape index (κ2) is 6.06. The van der Waals surface area contributed by atoms with Crippen LogP contribution in [0.25, 0.3) is 0 Å². The molecule has 2 heterocycles. The molecule has 2 fully saturated rings. The predicted octanol–water partition coefficient (Wildman–Crippen LogP) is 1.88. The van der Waals surface area contributed by atoms with Crippen LogP contribution in [-0.2, 0) is 11.2 Å². The number of hydrogen-bond acceptors (Lipinski definition) is 3. The zero-order chi connectivity index (χ0) is 14.8. The van der Waals surface area contributed by atoms with E-state index in [1.165, 1.54) is 6.42 Å². The summed E-state index contributed by atoms with van der Waals surface area (Å²) in [5.41, 5.74) is 1.14. The molecule has 0 radical (unpaired) electrons. The van der Waals surface area contributed by atoms with E-state index in [1.54, 1.807) is 7.11 Å². The zero-order valence-corrected chi connectivity index (χ0v) is 12.8. The highest BCUT2D eigenvalue weighted by Gasteiger charge is 2.42. The van der Waals surface area contributed by atoms with Crippen molar-refractivity contribution in [2.75, 3.05) is 7.11 Å². The Kier molecular flexibility index (Phi) is 4.15. The van der Waals surface area contributed by atoms with E-state index >= 15 is 0 Å². The largest absolute Gasteiger partial charge is 0.496 e. The lowest BCUT2D eigenvalue weighted by Gasteiger charge is -2.22. The molecule has 2 aliphatic heterocycles. The van der Waals surface area contributed by atoms with Crippen molar-refractivity contribution in [2.24, 2.45) is 5.92 Å². The van der Waals surface area contributed by atoms with Gasteiger partial charge < -0.3 is 15.4 Å². The Morgan fingerprint density at radius 3 is 2.90 bits per heavy atom. The number of benzene rings is 1. The lowest BCUT2D eigenvalue weighted by Crippen LogP contribution is -2.42. The third-order valence-corrected chi connectivity index (χ3v) is 4.74. The van der Waals surface area contributed by atoms with E-state index in [2.05, 4.69) is 23.6 Å². The first-order valence-corrected chi connectivity index (χ1v) is 7.85. The number of rotatable bonds is 5. The van der Waals surface area contributed by atoms with Gasteiger partial charge in [-0.3, -0.25) is 4.79 Å². The molecule has 4 unspecified atom stereocenters. The minimum Gasteiger partial charge on any atom is -0.496 e. The van der Waals surface area contributed by atoms with Crippen molar-refractivity contribution < 1.29 is 9.53 Å². The molecule has 0 saturated carbocycles. The van der Waals surface area contributed by atoms with E-state index in [0.717, 1.165) is 30.6 Å². The Hall–Kier alpha value is -1.55. The molecule has 4 atom stereocenters. The van der Waals surface area contributed by atoms with Gasteiger partial charge in [-0.15, -0.1) is 0 Å². The highest BCUT2D eigenvalue weighted by Crippen LogP contribution is 2.33. The van der Waals surface area contributed by atoms with E-state index < -0.39 is 0 Å². The second-order valence-corrected chi connectivity index (χ2v) is 6.32. The third-order valence-electron chi connectivity index (χ3n) is 4.74. The van der Waals surface area contributed by atoms with Gasteiger partial charge in [-0.2, -0.15) is 0 Å². The molecule has 2 N–H and O–H groups in total. The number of methoxy groups -OCH3 is 1. The van der Waals surface area contributed by atoms with Crippen molar-refractivity contribution in [3.63, 3.8) is 0 Å². The van der Waals surface area contributed by atoms with Crippen LogP contribution in [0.2, 0.25) is 0 Å². The summed E-state index contributed by atoms with van der Waals surface area (Å²) in [6.07, 6.45) is 4.16. The van der Waals surface area contributed by atoms with Crippen LogP contribution in [0.1, 0.15) is 31.7 Å². The summed E-state index contributed by atoms with van der Waals surface area (Å²) in [6.45, 7) is 2.06. The lowest BCUT2D eigenvalue weighted by molar-refractivity contribution is -0.126. The third kappa shape index (κ3) is 3.05. The number of carbonyl (C=O) groups is 1. The van der Waals surface area contributed by atoms with E-state index in [-0.39, 0.29) is 17.9 Å². The number of para-hydroxylation sites is 1. The molecule has 0 aromatic heterocycles. The van der Waals surface area contributed by atoms with E-state index in [0.29, 0.717) is 12.1 Å². The molecule has 4 heteroatoms. The summed E-state index contributed by atoms with van der Waals surface area (Å²) in [6, 6.07) is 9.07. The maximum absolute atomic E-state index is 12.4. The fourth-order valence-electron chi connectivity index (χ4n) is 3.72. The zero-order valence-electron chi connectivity index (χ0n) is 12.8. The SMILES string of the molecule is COc1ccccc1CC(C)NC(=O)C1CC2CCC1N2. The fourth-order valence-corrected chi connectivity index (χ4v) is 3.72. The van der Waals surface area contributed by atoms with Gasteiger partial charge in [0.1, 0.15) is 5.75 Å². The van der Waals surface area contributed by atoms with Gasteiger partial charge in [0.2, 0.25) is 5.91 Å². The Labute approximate surface area is 126 Å². The quantitative estimate of drug-likeness (QED) is 0.870. The van der Waals surface area contributed by atoms with Crippen LogP contribution in [0, 0.1) is 5.92 Å². The number of amides is 1. The molecule has 0 spiro atoms. The lowest BCUT2D eigenvalue weighted by atomic mass is 9.88. The molecular weight excluding hydrogens is 264 g/mol. The molecule has 0 aliphatic carbocycles. The van der Waals surface area contributed by atoms with Gasteiger partial charge in [-0.25, -0.2) is 0 Å². The first-order chi connectivity index (χ1) is 10.2. The van der Waals surface area contributed by atoms with Gasteiger partial charge in [-0.05, 0) is 44.2 Å². The maximum Gasteiger partial charge on any atom is 0.224 e. The maximum atomic E-state index is 12.4. The van der Waals surface area contributed by atoms with Crippen molar-refractivity contribution in [2.45, 2.75) is 50.7 Å². The summed E-state index contributed by atoms with van der Waals surface area (Å²) < 4.78 is 5.37. The fraction of sp³-hybridized carbons (Fsp3) is 0.588. The predicted molar refractivity (Wildman–Crippen MR) is 82.4 cm³/mol. The number of carbonyl (C=O) groups excluding carboxylic acids is 1. The van der Waals surface area contributed by atoms with Crippen LogP contribution >= 0.6 is 0 Å². The molecule has 2 aliphatic rings. The van der Waals surface area contributed by atoms with Crippen molar-refractivity contribution in [3.8, 4) is 5.75 Å². The summed E-state index contributed by atoms with van der Waals surface area (Å²) >= 11 is 0. The van der Waals surface area contributed by atoms with Gasteiger partial charge in [0.15, 0.2) is 0 Å². The summed E-state index contributed by atoms with van der Waals surface area (Å²) in [7, 11) is 1.68. The normalized spacial score (nSPS) is 28.4. The molecule has 1 aromatic carbocycles. The minimum atomic E-state index is 0.118. The number of fused-ring (bicyclic) bond motifs is 2. The van der Waals surface area contributed by atoms with Crippen molar-refractivity contribution >= 4 is 5.91 Å². The standard InChI is InChI=1S/C17H24N2O2/c1-11(9-12-5-3-4-6-16(12)21-2)18-17(20)14-10-13-7-8-15(14)19-13/h3-6,11,13-15,19H,7-10H2,1-2H3,(H,18,20). The summed E-state index contributed by atoms with van der Waals surface area (Å²) in [5, 5.41) is 6.69. The van der Waals surface area contributed by atoms with Crippen LogP contribution in [0.15, 0.2) is 24.3 Å². The van der Waals surface area contributed by atoms with Crippen LogP contribution in [0.3, 0.4) is 0 Å². The number of nitrogens with one attached hydrogen (secondary N) is 2. The van der Waals surface area contributed by atoms with Crippen molar-refractivity contribution in [1.82, 2.24) is 10.6 Å². The van der Waals surface area contributed by atoms with Crippen LogP contribution in [-0.4, -0.2) is 31.1 Å². The average molecular weight is 288 g/mol. The highest BCUT2D eigenvalue weighted by atomic mass is 16.5. The molecule has 2 saturated heterocycles. The Morgan fingerprint density at radius 1 is 1.43 bits per heavy atom. The van der Waals surface area contributed by atoms with Crippen LogP contribution in [0.5, 0.6) is 5.75 Å². The number of ether oxygens (including phenoxy) is 1. The first kappa shape index (κ1) is 14.4. The Balaban J connectivity index is 1.56.